The number of nitrogens with zero attached hydrogens (tertiary/aromatic N) is 2. The standard InChI is InChI=1S/C14H9BN2O2S/c16-8-12-6-10(9-1-3-17-4-2-9)5-11-7-13(15(18)19)20-14(11)12/h1-7,18-19H. The first kappa shape index (κ1) is 12.8. The Kier molecular flexibility index (Phi) is 3.24. The third-order valence-corrected chi connectivity index (χ3v) is 4.25. The van der Waals surface area contributed by atoms with Crippen LogP contribution in [0.2, 0.25) is 0 Å². The topological polar surface area (TPSA) is 77.1 Å². The number of aromatic nitrogens is 1. The lowest BCUT2D eigenvalue weighted by molar-refractivity contribution is 0.427. The van der Waals surface area contributed by atoms with E-state index in [-0.39, 0.29) is 0 Å². The van der Waals surface area contributed by atoms with Crippen molar-refractivity contribution in [1.29, 1.82) is 5.26 Å². The zero-order valence-electron chi connectivity index (χ0n) is 10.3. The van der Waals surface area contributed by atoms with Crippen LogP contribution >= 0.6 is 11.3 Å². The van der Waals surface area contributed by atoms with E-state index in [1.807, 2.05) is 24.3 Å². The fraction of sp³-hybridized carbons (Fsp3) is 0. The van der Waals surface area contributed by atoms with Gasteiger partial charge < -0.3 is 10.0 Å². The van der Waals surface area contributed by atoms with Gasteiger partial charge in [-0.15, -0.1) is 11.3 Å². The third-order valence-electron chi connectivity index (χ3n) is 3.02. The molecule has 0 spiro atoms. The molecule has 2 aromatic heterocycles. The zero-order valence-corrected chi connectivity index (χ0v) is 11.1. The fourth-order valence-corrected chi connectivity index (χ4v) is 3.07. The molecule has 2 N–H and O–H groups in total. The van der Waals surface area contributed by atoms with Crippen molar-refractivity contribution in [3.8, 4) is 17.2 Å². The fourth-order valence-electron chi connectivity index (χ4n) is 2.09. The van der Waals surface area contributed by atoms with E-state index in [2.05, 4.69) is 11.1 Å². The van der Waals surface area contributed by atoms with Crippen molar-refractivity contribution in [2.24, 2.45) is 0 Å². The summed E-state index contributed by atoms with van der Waals surface area (Å²) in [5, 5.41) is 28.6. The number of thiophene rings is 1. The van der Waals surface area contributed by atoms with Crippen LogP contribution in [0.4, 0.5) is 0 Å². The predicted molar refractivity (Wildman–Crippen MR) is 79.6 cm³/mol. The second-order valence-electron chi connectivity index (χ2n) is 4.31. The summed E-state index contributed by atoms with van der Waals surface area (Å²) in [5.74, 6) is 0. The van der Waals surface area contributed by atoms with Gasteiger partial charge in [-0.25, -0.2) is 0 Å². The molecule has 4 nitrogen and oxygen atoms in total. The maximum Gasteiger partial charge on any atom is 0.499 e. The summed E-state index contributed by atoms with van der Waals surface area (Å²) in [4.78, 5) is 3.97. The predicted octanol–water partition coefficient (Wildman–Crippen LogP) is 1.51. The molecule has 0 aliphatic carbocycles. The molecule has 96 valence electrons. The van der Waals surface area contributed by atoms with Crippen LogP contribution in [0.5, 0.6) is 0 Å². The van der Waals surface area contributed by atoms with E-state index in [1.165, 1.54) is 11.3 Å². The SMILES string of the molecule is N#Cc1cc(-c2ccncc2)cc2cc(B(O)O)sc12. The Hall–Kier alpha value is -2.20. The van der Waals surface area contributed by atoms with E-state index in [0.29, 0.717) is 10.3 Å². The van der Waals surface area contributed by atoms with E-state index in [0.717, 1.165) is 21.2 Å². The minimum absolute atomic E-state index is 0.434. The number of hydrogen-bond acceptors (Lipinski definition) is 5. The van der Waals surface area contributed by atoms with Crippen molar-refractivity contribution in [1.82, 2.24) is 4.98 Å². The number of pyridine rings is 1. The van der Waals surface area contributed by atoms with Crippen molar-refractivity contribution < 1.29 is 10.0 Å². The minimum atomic E-state index is -1.51. The Morgan fingerprint density at radius 1 is 1.10 bits per heavy atom. The van der Waals surface area contributed by atoms with Crippen LogP contribution in [0.25, 0.3) is 21.2 Å². The zero-order chi connectivity index (χ0) is 14.1. The lowest BCUT2D eigenvalue weighted by Crippen LogP contribution is -2.26. The summed E-state index contributed by atoms with van der Waals surface area (Å²) >= 11 is 1.23. The van der Waals surface area contributed by atoms with Gasteiger partial charge in [0.15, 0.2) is 0 Å². The highest BCUT2D eigenvalue weighted by atomic mass is 32.1. The molecular formula is C14H9BN2O2S. The Morgan fingerprint density at radius 3 is 2.50 bits per heavy atom. The summed E-state index contributed by atoms with van der Waals surface area (Å²) in [7, 11) is -1.51. The van der Waals surface area contributed by atoms with E-state index < -0.39 is 7.12 Å². The number of benzene rings is 1. The van der Waals surface area contributed by atoms with Crippen LogP contribution < -0.4 is 4.78 Å². The summed E-state index contributed by atoms with van der Waals surface area (Å²) in [6.45, 7) is 0. The van der Waals surface area contributed by atoms with E-state index in [4.69, 9.17) is 0 Å². The second-order valence-corrected chi connectivity index (χ2v) is 5.40. The smallest absolute Gasteiger partial charge is 0.423 e. The lowest BCUT2D eigenvalue weighted by atomic mass is 9.89. The molecule has 6 heteroatoms. The minimum Gasteiger partial charge on any atom is -0.423 e. The van der Waals surface area contributed by atoms with E-state index >= 15 is 0 Å². The summed E-state index contributed by atoms with van der Waals surface area (Å²) in [6.07, 6.45) is 3.39. The lowest BCUT2D eigenvalue weighted by Gasteiger charge is -2.02. The molecule has 0 saturated heterocycles. The Morgan fingerprint density at radius 2 is 1.85 bits per heavy atom. The first-order chi connectivity index (χ1) is 9.69. The van der Waals surface area contributed by atoms with Gasteiger partial charge in [-0.05, 0) is 46.8 Å². The first-order valence-electron chi connectivity index (χ1n) is 5.93. The highest BCUT2D eigenvalue weighted by molar-refractivity contribution is 7.28. The Labute approximate surface area is 119 Å². The van der Waals surface area contributed by atoms with Gasteiger partial charge >= 0.3 is 7.12 Å². The van der Waals surface area contributed by atoms with Gasteiger partial charge in [0.05, 0.1) is 10.3 Å². The van der Waals surface area contributed by atoms with Crippen LogP contribution in [0.1, 0.15) is 5.56 Å². The number of nitriles is 1. The molecule has 0 atom stereocenters. The maximum absolute atomic E-state index is 9.27. The van der Waals surface area contributed by atoms with Gasteiger partial charge in [-0.3, -0.25) is 4.98 Å². The normalized spacial score (nSPS) is 10.4. The molecular weight excluding hydrogens is 271 g/mol. The molecule has 0 fully saturated rings. The number of fused-ring (bicyclic) bond motifs is 1. The van der Waals surface area contributed by atoms with Crippen LogP contribution in [0.3, 0.4) is 0 Å². The van der Waals surface area contributed by atoms with Gasteiger partial charge in [0.25, 0.3) is 0 Å². The molecule has 1 aromatic carbocycles. The van der Waals surface area contributed by atoms with E-state index in [1.54, 1.807) is 18.5 Å². The molecule has 0 aliphatic rings. The quantitative estimate of drug-likeness (QED) is 0.698. The van der Waals surface area contributed by atoms with Crippen molar-refractivity contribution >= 4 is 33.3 Å². The second kappa shape index (κ2) is 5.06. The van der Waals surface area contributed by atoms with Crippen LogP contribution in [0, 0.1) is 11.3 Å². The van der Waals surface area contributed by atoms with Crippen molar-refractivity contribution in [3.63, 3.8) is 0 Å². The van der Waals surface area contributed by atoms with Crippen molar-refractivity contribution in [2.75, 3.05) is 0 Å². The van der Waals surface area contributed by atoms with Gasteiger partial charge in [-0.1, -0.05) is 0 Å². The van der Waals surface area contributed by atoms with Crippen LogP contribution in [-0.4, -0.2) is 22.2 Å². The third kappa shape index (κ3) is 2.19. The molecule has 0 radical (unpaired) electrons. The molecule has 0 unspecified atom stereocenters. The molecule has 20 heavy (non-hydrogen) atoms. The molecule has 3 aromatic rings. The van der Waals surface area contributed by atoms with Gasteiger partial charge in [-0.2, -0.15) is 5.26 Å². The number of hydrogen-bond donors (Lipinski definition) is 2. The molecule has 3 rings (SSSR count). The van der Waals surface area contributed by atoms with Crippen LogP contribution in [-0.2, 0) is 0 Å². The summed E-state index contributed by atoms with van der Waals surface area (Å²) in [6, 6.07) is 11.4. The van der Waals surface area contributed by atoms with Gasteiger partial charge in [0.2, 0.25) is 0 Å². The Bertz CT molecular complexity index is 809. The van der Waals surface area contributed by atoms with Gasteiger partial charge in [0, 0.05) is 17.2 Å². The number of rotatable bonds is 2. The maximum atomic E-state index is 9.27. The van der Waals surface area contributed by atoms with Crippen LogP contribution in [0.15, 0.2) is 42.7 Å². The average Bonchev–Trinajstić information content (AvgIpc) is 2.91. The highest BCUT2D eigenvalue weighted by Gasteiger charge is 2.17. The largest absolute Gasteiger partial charge is 0.499 e. The average molecular weight is 280 g/mol. The Balaban J connectivity index is 2.24. The molecule has 0 bridgehead atoms. The molecule has 0 aliphatic heterocycles. The van der Waals surface area contributed by atoms with Crippen molar-refractivity contribution in [2.45, 2.75) is 0 Å². The highest BCUT2D eigenvalue weighted by Crippen LogP contribution is 2.30. The van der Waals surface area contributed by atoms with E-state index in [9.17, 15) is 15.3 Å². The summed E-state index contributed by atoms with van der Waals surface area (Å²) in [5.41, 5.74) is 2.41. The molecule has 0 saturated carbocycles. The monoisotopic (exact) mass is 280 g/mol. The van der Waals surface area contributed by atoms with Gasteiger partial charge in [0.1, 0.15) is 6.07 Å². The molecule has 0 amide bonds. The first-order valence-corrected chi connectivity index (χ1v) is 6.75. The van der Waals surface area contributed by atoms with Crippen molar-refractivity contribution in [3.05, 3.63) is 48.3 Å². The molecule has 2 heterocycles. The summed E-state index contributed by atoms with van der Waals surface area (Å²) < 4.78 is 1.21.